The average molecular weight is 456 g/mol. The Morgan fingerprint density at radius 3 is 2.41 bits per heavy atom. The van der Waals surface area contributed by atoms with E-state index in [4.69, 9.17) is 14.2 Å². The first kappa shape index (κ1) is 24.8. The summed E-state index contributed by atoms with van der Waals surface area (Å²) >= 11 is 0. The van der Waals surface area contributed by atoms with Gasteiger partial charge in [0, 0.05) is 22.8 Å². The molecule has 2 fully saturated rings. The van der Waals surface area contributed by atoms with Crippen LogP contribution in [-0.4, -0.2) is 88.0 Å². The van der Waals surface area contributed by atoms with Crippen molar-refractivity contribution in [3.8, 4) is 0 Å². The zero-order valence-electron chi connectivity index (χ0n) is 18.0. The van der Waals surface area contributed by atoms with Crippen molar-refractivity contribution in [1.82, 2.24) is 0 Å². The topological polar surface area (TPSA) is 163 Å². The van der Waals surface area contributed by atoms with E-state index in [0.717, 1.165) is 12.8 Å². The van der Waals surface area contributed by atoms with Gasteiger partial charge in [0.25, 0.3) is 0 Å². The summed E-state index contributed by atoms with van der Waals surface area (Å²) in [6.45, 7) is 3.25. The van der Waals surface area contributed by atoms with Crippen LogP contribution in [0.5, 0.6) is 0 Å². The quantitative estimate of drug-likeness (QED) is 0.255. The smallest absolute Gasteiger partial charge is 0.333 e. The third-order valence-corrected chi connectivity index (χ3v) is 6.97. The molecule has 180 valence electrons. The van der Waals surface area contributed by atoms with Gasteiger partial charge in [-0.05, 0) is 12.8 Å². The van der Waals surface area contributed by atoms with E-state index in [1.807, 2.05) is 0 Å². The molecule has 8 atom stereocenters. The van der Waals surface area contributed by atoms with Gasteiger partial charge in [-0.2, -0.15) is 0 Å². The molecule has 10 nitrogen and oxygen atoms in total. The number of methoxy groups -OCH3 is 1. The number of carbonyl (C=O) groups is 2. The molecule has 3 rings (SSSR count). The molecule has 1 aliphatic heterocycles. The number of carbonyl (C=O) groups excluding carboxylic acids is 1. The molecule has 32 heavy (non-hydrogen) atoms. The summed E-state index contributed by atoms with van der Waals surface area (Å²) in [5.41, 5.74) is -0.397. The fourth-order valence-electron chi connectivity index (χ4n) is 5.36. The lowest BCUT2D eigenvalue weighted by atomic mass is 9.62. The molecular formula is C22H32O10. The van der Waals surface area contributed by atoms with Crippen LogP contribution in [0.3, 0.4) is 0 Å². The second kappa shape index (κ2) is 9.98. The number of hydrogen-bond acceptors (Lipinski definition) is 9. The van der Waals surface area contributed by atoms with Crippen molar-refractivity contribution in [1.29, 1.82) is 0 Å². The highest BCUT2D eigenvalue weighted by molar-refractivity contribution is 5.90. The van der Waals surface area contributed by atoms with Crippen molar-refractivity contribution < 1.29 is 49.3 Å². The highest BCUT2D eigenvalue weighted by Crippen LogP contribution is 2.54. The first-order valence-electron chi connectivity index (χ1n) is 10.8. The van der Waals surface area contributed by atoms with Crippen LogP contribution in [0.1, 0.15) is 32.1 Å². The fraction of sp³-hybridized carbons (Fsp3) is 0.727. The summed E-state index contributed by atoms with van der Waals surface area (Å²) in [6.07, 6.45) is -2.03. The third-order valence-electron chi connectivity index (χ3n) is 6.97. The molecule has 0 aromatic heterocycles. The second-order valence-corrected chi connectivity index (χ2v) is 8.80. The normalized spacial score (nSPS) is 38.8. The van der Waals surface area contributed by atoms with Gasteiger partial charge in [0.1, 0.15) is 24.4 Å². The molecule has 5 N–H and O–H groups in total. The Kier molecular flexibility index (Phi) is 7.74. The van der Waals surface area contributed by atoms with E-state index in [1.165, 1.54) is 13.2 Å². The van der Waals surface area contributed by atoms with Crippen molar-refractivity contribution in [2.24, 2.45) is 17.3 Å². The van der Waals surface area contributed by atoms with E-state index in [1.54, 1.807) is 6.08 Å². The minimum atomic E-state index is -1.60. The standard InChI is InChI=1S/C22H32O10/c1-3-11-12(8-15(24)25)13(20(29)30-2)9-22(6-4-5-7-22)19(11)32-21-18(28)17(27)16(26)14(10-23)31-21/h3,9,11-12,14,16-19,21,23,26-28H,1,4-8,10H2,2H3,(H,24,25)/t11-,12+,14-,16-,17+,18-,19+,21+/m1/s1. The summed E-state index contributed by atoms with van der Waals surface area (Å²) < 4.78 is 16.7. The Morgan fingerprint density at radius 2 is 1.88 bits per heavy atom. The zero-order chi connectivity index (χ0) is 23.6. The van der Waals surface area contributed by atoms with Gasteiger partial charge in [-0.25, -0.2) is 4.79 Å². The van der Waals surface area contributed by atoms with Crippen molar-refractivity contribution in [3.05, 3.63) is 24.3 Å². The lowest BCUT2D eigenvalue weighted by Gasteiger charge is -2.49. The zero-order valence-corrected chi connectivity index (χ0v) is 18.0. The largest absolute Gasteiger partial charge is 0.481 e. The summed E-state index contributed by atoms with van der Waals surface area (Å²) in [5, 5.41) is 49.7. The molecule has 1 spiro atoms. The summed E-state index contributed by atoms with van der Waals surface area (Å²) in [6, 6.07) is 0. The molecular weight excluding hydrogens is 424 g/mol. The number of aliphatic carboxylic acids is 1. The number of esters is 1. The molecule has 0 aromatic carbocycles. The predicted octanol–water partition coefficient (Wildman–Crippen LogP) is -0.262. The number of carboxylic acid groups (broad SMARTS) is 1. The van der Waals surface area contributed by atoms with Crippen LogP contribution in [0.25, 0.3) is 0 Å². The van der Waals surface area contributed by atoms with Gasteiger partial charge >= 0.3 is 11.9 Å². The van der Waals surface area contributed by atoms with E-state index >= 15 is 0 Å². The van der Waals surface area contributed by atoms with Crippen molar-refractivity contribution >= 4 is 11.9 Å². The van der Waals surface area contributed by atoms with Gasteiger partial charge in [-0.1, -0.05) is 25.0 Å². The van der Waals surface area contributed by atoms with E-state index < -0.39 is 72.6 Å². The van der Waals surface area contributed by atoms with Gasteiger partial charge in [0.2, 0.25) is 0 Å². The second-order valence-electron chi connectivity index (χ2n) is 8.80. The molecule has 3 aliphatic rings. The lowest BCUT2D eigenvalue weighted by molar-refractivity contribution is -0.322. The number of aliphatic hydroxyl groups is 4. The minimum absolute atomic E-state index is 0.260. The Morgan fingerprint density at radius 1 is 1.22 bits per heavy atom. The van der Waals surface area contributed by atoms with Gasteiger partial charge in [-0.3, -0.25) is 4.79 Å². The Balaban J connectivity index is 2.02. The van der Waals surface area contributed by atoms with Crippen LogP contribution in [0.2, 0.25) is 0 Å². The highest BCUT2D eigenvalue weighted by Gasteiger charge is 2.54. The number of aliphatic hydroxyl groups excluding tert-OH is 4. The van der Waals surface area contributed by atoms with Crippen LogP contribution in [0, 0.1) is 17.3 Å². The first-order chi connectivity index (χ1) is 15.2. The molecule has 1 saturated carbocycles. The minimum Gasteiger partial charge on any atom is -0.481 e. The van der Waals surface area contributed by atoms with Crippen molar-refractivity contribution in [2.75, 3.05) is 13.7 Å². The molecule has 0 aromatic rings. The third kappa shape index (κ3) is 4.48. The van der Waals surface area contributed by atoms with Crippen molar-refractivity contribution in [2.45, 2.75) is 68.9 Å². The maximum atomic E-state index is 12.6. The van der Waals surface area contributed by atoms with Crippen molar-refractivity contribution in [3.63, 3.8) is 0 Å². The Labute approximate surface area is 186 Å². The maximum absolute atomic E-state index is 12.6. The van der Waals surface area contributed by atoms with Crippen LogP contribution in [-0.2, 0) is 23.8 Å². The molecule has 1 saturated heterocycles. The monoisotopic (exact) mass is 456 g/mol. The first-order valence-corrected chi connectivity index (χ1v) is 10.8. The average Bonchev–Trinajstić information content (AvgIpc) is 3.24. The number of rotatable bonds is 7. The molecule has 0 bridgehead atoms. The maximum Gasteiger partial charge on any atom is 0.333 e. The van der Waals surface area contributed by atoms with E-state index in [9.17, 15) is 35.1 Å². The summed E-state index contributed by atoms with van der Waals surface area (Å²) in [5.74, 6) is -3.12. The Hall–Kier alpha value is -1.82. The van der Waals surface area contributed by atoms with Crippen LogP contribution in [0.4, 0.5) is 0 Å². The number of hydrogen-bond donors (Lipinski definition) is 5. The highest BCUT2D eigenvalue weighted by atomic mass is 16.7. The summed E-state index contributed by atoms with van der Waals surface area (Å²) in [4.78, 5) is 24.2. The van der Waals surface area contributed by atoms with Crippen LogP contribution < -0.4 is 0 Å². The van der Waals surface area contributed by atoms with E-state index in [-0.39, 0.29) is 12.0 Å². The van der Waals surface area contributed by atoms with Gasteiger partial charge in [0.15, 0.2) is 6.29 Å². The molecule has 1 heterocycles. The van der Waals surface area contributed by atoms with Gasteiger partial charge in [-0.15, -0.1) is 6.58 Å². The van der Waals surface area contributed by atoms with E-state index in [0.29, 0.717) is 12.8 Å². The Bertz CT molecular complexity index is 741. The van der Waals surface area contributed by atoms with E-state index in [2.05, 4.69) is 6.58 Å². The molecule has 0 radical (unpaired) electrons. The molecule has 0 amide bonds. The molecule has 10 heteroatoms. The fourth-order valence-corrected chi connectivity index (χ4v) is 5.36. The summed E-state index contributed by atoms with van der Waals surface area (Å²) in [7, 11) is 1.24. The SMILES string of the molecule is C=C[C@@H]1[C@H](CC(=O)O)C(C(=O)OC)=CC2(CCCC2)[C@H]1O[C@@H]1O[C@H](CO)[C@@H](O)[C@H](O)[C@H]1O. The number of ether oxygens (including phenoxy) is 3. The molecule has 2 aliphatic carbocycles. The number of carboxylic acids is 1. The van der Waals surface area contributed by atoms with Gasteiger partial charge in [0.05, 0.1) is 26.2 Å². The van der Waals surface area contributed by atoms with Crippen LogP contribution >= 0.6 is 0 Å². The van der Waals surface area contributed by atoms with Crippen LogP contribution in [0.15, 0.2) is 24.3 Å². The predicted molar refractivity (Wildman–Crippen MR) is 109 cm³/mol. The molecule has 0 unspecified atom stereocenters. The lowest BCUT2D eigenvalue weighted by Crippen LogP contribution is -2.61. The van der Waals surface area contributed by atoms with Gasteiger partial charge < -0.3 is 39.7 Å².